The zero-order valence-corrected chi connectivity index (χ0v) is 8.30. The molecule has 2 amide bonds. The Bertz CT molecular complexity index is 351. The predicted molar refractivity (Wildman–Crippen MR) is 52.5 cm³/mol. The molecule has 8 heteroatoms. The number of nitrogens with one attached hydrogen (secondary N) is 3. The van der Waals surface area contributed by atoms with Crippen LogP contribution in [0, 0.1) is 0 Å². The van der Waals surface area contributed by atoms with Crippen molar-refractivity contribution in [3.8, 4) is 0 Å². The lowest BCUT2D eigenvalue weighted by Gasteiger charge is -2.08. The summed E-state index contributed by atoms with van der Waals surface area (Å²) in [7, 11) is 0. The number of hydrogen-bond acceptors (Lipinski definition) is 4. The van der Waals surface area contributed by atoms with Crippen molar-refractivity contribution < 1.29 is 19.8 Å². The van der Waals surface area contributed by atoms with Crippen molar-refractivity contribution in [3.63, 3.8) is 0 Å². The molecule has 0 aliphatic heterocycles. The number of aromatic amines is 1. The van der Waals surface area contributed by atoms with Gasteiger partial charge in [0.1, 0.15) is 0 Å². The average Bonchev–Trinajstić information content (AvgIpc) is 2.75. The van der Waals surface area contributed by atoms with Gasteiger partial charge in [-0.2, -0.15) is 0 Å². The fourth-order valence-electron chi connectivity index (χ4n) is 0.896. The number of carbonyl (C=O) groups excluding carboxylic acids is 1. The van der Waals surface area contributed by atoms with Gasteiger partial charge in [0.2, 0.25) is 0 Å². The summed E-state index contributed by atoms with van der Waals surface area (Å²) in [4.78, 5) is 27.9. The Morgan fingerprint density at radius 1 is 1.50 bits per heavy atom. The van der Waals surface area contributed by atoms with E-state index >= 15 is 0 Å². The number of imidazole rings is 1. The molecule has 0 radical (unpaired) electrons. The molecule has 1 aromatic heterocycles. The maximum absolute atomic E-state index is 11.1. The fraction of sp³-hybridized carbons (Fsp3) is 0.375. The quantitative estimate of drug-likeness (QED) is 0.426. The van der Waals surface area contributed by atoms with Crippen LogP contribution in [0.4, 0.5) is 4.79 Å². The third-order valence-electron chi connectivity index (χ3n) is 1.74. The van der Waals surface area contributed by atoms with Gasteiger partial charge in [-0.3, -0.25) is 0 Å². The van der Waals surface area contributed by atoms with Crippen molar-refractivity contribution in [1.82, 2.24) is 20.6 Å². The van der Waals surface area contributed by atoms with Gasteiger partial charge in [0.15, 0.2) is 6.10 Å². The molecule has 8 nitrogen and oxygen atoms in total. The van der Waals surface area contributed by atoms with Gasteiger partial charge in [0, 0.05) is 6.20 Å². The van der Waals surface area contributed by atoms with Gasteiger partial charge in [-0.25, -0.2) is 14.6 Å². The number of aliphatic carboxylic acids is 1. The summed E-state index contributed by atoms with van der Waals surface area (Å²) >= 11 is 0. The minimum Gasteiger partial charge on any atom is -0.479 e. The van der Waals surface area contributed by atoms with Gasteiger partial charge < -0.3 is 25.8 Å². The van der Waals surface area contributed by atoms with E-state index in [4.69, 9.17) is 10.2 Å². The molecule has 0 bridgehead atoms. The molecule has 0 aliphatic rings. The van der Waals surface area contributed by atoms with E-state index < -0.39 is 18.1 Å². The van der Waals surface area contributed by atoms with E-state index in [9.17, 15) is 9.59 Å². The molecule has 16 heavy (non-hydrogen) atoms. The summed E-state index contributed by atoms with van der Waals surface area (Å²) in [6.07, 6.45) is 1.42. The Morgan fingerprint density at radius 3 is 2.81 bits per heavy atom. The van der Waals surface area contributed by atoms with Crippen molar-refractivity contribution in [2.24, 2.45) is 0 Å². The second-order valence-corrected chi connectivity index (χ2v) is 2.99. The number of carbonyl (C=O) groups is 2. The minimum atomic E-state index is -1.60. The maximum Gasteiger partial charge on any atom is 0.334 e. The molecular formula is C8H12N4O4. The molecule has 88 valence electrons. The van der Waals surface area contributed by atoms with Crippen LogP contribution in [-0.2, 0) is 11.3 Å². The van der Waals surface area contributed by atoms with E-state index in [0.717, 1.165) is 0 Å². The summed E-state index contributed by atoms with van der Waals surface area (Å²) < 4.78 is 0. The van der Waals surface area contributed by atoms with Gasteiger partial charge in [0.25, 0.3) is 0 Å². The summed E-state index contributed by atoms with van der Waals surface area (Å²) in [5, 5.41) is 21.9. The van der Waals surface area contributed by atoms with E-state index in [1.54, 1.807) is 6.20 Å². The summed E-state index contributed by atoms with van der Waals surface area (Å²) in [5.74, 6) is -1.38. The lowest BCUT2D eigenvalue weighted by Crippen LogP contribution is -2.41. The third-order valence-corrected chi connectivity index (χ3v) is 1.74. The van der Waals surface area contributed by atoms with E-state index in [-0.39, 0.29) is 13.1 Å². The van der Waals surface area contributed by atoms with Crippen LogP contribution in [0.5, 0.6) is 0 Å². The standard InChI is InChI=1S/C8H12N4O4/c13-6(7(14)15)3-11-8(16)10-2-5-1-9-4-12-5/h1,4,6,13H,2-3H2,(H,9,12)(H,14,15)(H2,10,11,16). The number of carboxylic acid groups (broad SMARTS) is 1. The van der Waals surface area contributed by atoms with Gasteiger partial charge in [-0.15, -0.1) is 0 Å². The number of H-pyrrole nitrogens is 1. The first-order chi connectivity index (χ1) is 7.59. The number of aromatic nitrogens is 2. The van der Waals surface area contributed by atoms with Crippen molar-refractivity contribution in [3.05, 3.63) is 18.2 Å². The Balaban J connectivity index is 2.19. The van der Waals surface area contributed by atoms with E-state index in [1.807, 2.05) is 0 Å². The summed E-state index contributed by atoms with van der Waals surface area (Å²) in [5.41, 5.74) is 0.717. The molecular weight excluding hydrogens is 216 g/mol. The van der Waals surface area contributed by atoms with Gasteiger partial charge >= 0.3 is 12.0 Å². The highest BCUT2D eigenvalue weighted by Gasteiger charge is 2.13. The molecule has 5 N–H and O–H groups in total. The van der Waals surface area contributed by atoms with Crippen molar-refractivity contribution in [1.29, 1.82) is 0 Å². The van der Waals surface area contributed by atoms with Crippen molar-refractivity contribution >= 4 is 12.0 Å². The highest BCUT2D eigenvalue weighted by molar-refractivity contribution is 5.76. The number of carboxylic acids is 1. The monoisotopic (exact) mass is 228 g/mol. The van der Waals surface area contributed by atoms with Crippen LogP contribution >= 0.6 is 0 Å². The van der Waals surface area contributed by atoms with Crippen LogP contribution in [0.2, 0.25) is 0 Å². The van der Waals surface area contributed by atoms with Crippen molar-refractivity contribution in [2.75, 3.05) is 6.54 Å². The minimum absolute atomic E-state index is 0.245. The van der Waals surface area contributed by atoms with Crippen LogP contribution in [0.15, 0.2) is 12.5 Å². The summed E-state index contributed by atoms with van der Waals surface area (Å²) in [6.45, 7) is -0.0981. The Kier molecular flexibility index (Phi) is 4.28. The topological polar surface area (TPSA) is 127 Å². The molecule has 1 unspecified atom stereocenters. The van der Waals surface area contributed by atoms with Crippen LogP contribution in [0.25, 0.3) is 0 Å². The van der Waals surface area contributed by atoms with Gasteiger partial charge in [-0.05, 0) is 0 Å². The fourth-order valence-corrected chi connectivity index (χ4v) is 0.896. The third kappa shape index (κ3) is 3.96. The Labute approximate surface area is 90.7 Å². The van der Waals surface area contributed by atoms with E-state index in [2.05, 4.69) is 20.6 Å². The lowest BCUT2D eigenvalue weighted by atomic mass is 10.3. The second-order valence-electron chi connectivity index (χ2n) is 2.99. The lowest BCUT2D eigenvalue weighted by molar-refractivity contribution is -0.146. The number of rotatable bonds is 5. The first kappa shape index (κ1) is 12.0. The first-order valence-electron chi connectivity index (χ1n) is 4.49. The Hall–Kier alpha value is -2.09. The maximum atomic E-state index is 11.1. The molecule has 0 aliphatic carbocycles. The number of urea groups is 1. The number of amides is 2. The number of hydrogen-bond donors (Lipinski definition) is 5. The van der Waals surface area contributed by atoms with Gasteiger partial charge in [-0.1, -0.05) is 0 Å². The molecule has 0 spiro atoms. The molecule has 1 rings (SSSR count). The molecule has 0 aromatic carbocycles. The molecule has 0 saturated heterocycles. The summed E-state index contributed by atoms with van der Waals surface area (Å²) in [6, 6.07) is -0.560. The average molecular weight is 228 g/mol. The molecule has 0 fully saturated rings. The number of aliphatic hydroxyl groups is 1. The largest absolute Gasteiger partial charge is 0.479 e. The number of nitrogens with zero attached hydrogens (tertiary/aromatic N) is 1. The molecule has 1 heterocycles. The normalized spacial score (nSPS) is 11.8. The number of aliphatic hydroxyl groups excluding tert-OH is 1. The first-order valence-corrected chi connectivity index (χ1v) is 4.49. The van der Waals surface area contributed by atoms with E-state index in [0.29, 0.717) is 5.69 Å². The Morgan fingerprint density at radius 2 is 2.25 bits per heavy atom. The SMILES string of the molecule is O=C(NCc1cnc[nH]1)NCC(O)C(=O)O. The van der Waals surface area contributed by atoms with E-state index in [1.165, 1.54) is 6.33 Å². The van der Waals surface area contributed by atoms with Crippen LogP contribution in [0.3, 0.4) is 0 Å². The zero-order valence-electron chi connectivity index (χ0n) is 8.30. The molecule has 1 aromatic rings. The smallest absolute Gasteiger partial charge is 0.334 e. The van der Waals surface area contributed by atoms with Crippen LogP contribution in [0.1, 0.15) is 5.69 Å². The van der Waals surface area contributed by atoms with Gasteiger partial charge in [0.05, 0.1) is 25.1 Å². The molecule has 1 atom stereocenters. The van der Waals surface area contributed by atoms with Crippen molar-refractivity contribution in [2.45, 2.75) is 12.6 Å². The molecule has 0 saturated carbocycles. The highest BCUT2D eigenvalue weighted by Crippen LogP contribution is 1.88. The van der Waals surface area contributed by atoms with Crippen LogP contribution < -0.4 is 10.6 Å². The highest BCUT2D eigenvalue weighted by atomic mass is 16.4. The zero-order chi connectivity index (χ0) is 12.0. The van der Waals surface area contributed by atoms with Crippen LogP contribution in [-0.4, -0.2) is 44.8 Å². The second kappa shape index (κ2) is 5.71. The predicted octanol–water partition coefficient (Wildman–Crippen LogP) is -1.35.